The van der Waals surface area contributed by atoms with Gasteiger partial charge < -0.3 is 15.0 Å². The fourth-order valence-electron chi connectivity index (χ4n) is 3.59. The van der Waals surface area contributed by atoms with E-state index in [-0.39, 0.29) is 24.0 Å². The molecule has 1 fully saturated rings. The number of hydrogen-bond acceptors (Lipinski definition) is 3. The first kappa shape index (κ1) is 18.0. The van der Waals surface area contributed by atoms with E-state index in [1.54, 1.807) is 7.11 Å². The van der Waals surface area contributed by atoms with Crippen molar-refractivity contribution in [3.05, 3.63) is 35.9 Å². The van der Waals surface area contributed by atoms with Gasteiger partial charge in [-0.15, -0.1) is 0 Å². The lowest BCUT2D eigenvalue weighted by Crippen LogP contribution is -2.48. The van der Waals surface area contributed by atoms with Crippen molar-refractivity contribution in [2.24, 2.45) is 5.92 Å². The second kappa shape index (κ2) is 8.46. The number of rotatable bonds is 7. The molecule has 1 amide bonds. The van der Waals surface area contributed by atoms with E-state index in [2.05, 4.69) is 36.3 Å². The first-order valence-corrected chi connectivity index (χ1v) is 8.60. The van der Waals surface area contributed by atoms with Crippen molar-refractivity contribution < 1.29 is 9.53 Å². The summed E-state index contributed by atoms with van der Waals surface area (Å²) < 4.78 is 5.68. The van der Waals surface area contributed by atoms with E-state index in [1.165, 1.54) is 12.0 Å². The first-order valence-electron chi connectivity index (χ1n) is 8.60. The SMILES string of the molecule is COC(C(C)C(=O)N[C@H](C)Cc1ccccc1)C1CCCN1C. The number of benzene rings is 1. The highest BCUT2D eigenvalue weighted by Crippen LogP contribution is 2.24. The minimum atomic E-state index is -0.149. The van der Waals surface area contributed by atoms with Gasteiger partial charge in [0.1, 0.15) is 0 Å². The number of ether oxygens (including phenoxy) is 1. The smallest absolute Gasteiger partial charge is 0.225 e. The fourth-order valence-corrected chi connectivity index (χ4v) is 3.59. The summed E-state index contributed by atoms with van der Waals surface area (Å²) in [5, 5.41) is 3.14. The highest BCUT2D eigenvalue weighted by Gasteiger charge is 2.36. The van der Waals surface area contributed by atoms with Gasteiger partial charge in [0, 0.05) is 19.2 Å². The van der Waals surface area contributed by atoms with Crippen LogP contribution >= 0.6 is 0 Å². The monoisotopic (exact) mass is 318 g/mol. The molecule has 0 radical (unpaired) electrons. The van der Waals surface area contributed by atoms with E-state index in [4.69, 9.17) is 4.74 Å². The molecule has 4 atom stereocenters. The van der Waals surface area contributed by atoms with Crippen molar-refractivity contribution in [1.29, 1.82) is 0 Å². The molecule has 4 heteroatoms. The molecular formula is C19H30N2O2. The third-order valence-corrected chi connectivity index (χ3v) is 4.91. The van der Waals surface area contributed by atoms with Crippen molar-refractivity contribution in [2.45, 2.75) is 51.3 Å². The van der Waals surface area contributed by atoms with Crippen molar-refractivity contribution in [3.63, 3.8) is 0 Å². The van der Waals surface area contributed by atoms with E-state index in [1.807, 2.05) is 25.1 Å². The molecule has 1 aromatic rings. The molecule has 0 spiro atoms. The van der Waals surface area contributed by atoms with Gasteiger partial charge in [-0.05, 0) is 45.3 Å². The maximum absolute atomic E-state index is 12.6. The highest BCUT2D eigenvalue weighted by molar-refractivity contribution is 5.79. The van der Waals surface area contributed by atoms with Gasteiger partial charge in [0.25, 0.3) is 0 Å². The van der Waals surface area contributed by atoms with Crippen LogP contribution in [0.5, 0.6) is 0 Å². The number of carbonyl (C=O) groups excluding carboxylic acids is 1. The van der Waals surface area contributed by atoms with Crippen LogP contribution in [0.4, 0.5) is 0 Å². The van der Waals surface area contributed by atoms with Crippen LogP contribution in [0.1, 0.15) is 32.3 Å². The molecular weight excluding hydrogens is 288 g/mol. The normalized spacial score (nSPS) is 22.5. The molecule has 1 aliphatic heterocycles. The van der Waals surface area contributed by atoms with Gasteiger partial charge in [-0.25, -0.2) is 0 Å². The fraction of sp³-hybridized carbons (Fsp3) is 0.632. The topological polar surface area (TPSA) is 41.6 Å². The Labute approximate surface area is 140 Å². The Bertz CT molecular complexity index is 491. The summed E-state index contributed by atoms with van der Waals surface area (Å²) in [5.74, 6) is -0.0654. The van der Waals surface area contributed by atoms with E-state index in [0.29, 0.717) is 6.04 Å². The minimum absolute atomic E-state index is 0.0496. The number of nitrogens with zero attached hydrogens (tertiary/aromatic N) is 1. The summed E-state index contributed by atoms with van der Waals surface area (Å²) >= 11 is 0. The van der Waals surface area contributed by atoms with E-state index in [9.17, 15) is 4.79 Å². The zero-order chi connectivity index (χ0) is 16.8. The lowest BCUT2D eigenvalue weighted by molar-refractivity contribution is -0.131. The summed E-state index contributed by atoms with van der Waals surface area (Å²) in [5.41, 5.74) is 1.24. The average molecular weight is 318 g/mol. The Hall–Kier alpha value is -1.39. The third-order valence-electron chi connectivity index (χ3n) is 4.91. The van der Waals surface area contributed by atoms with Gasteiger partial charge in [-0.1, -0.05) is 37.3 Å². The molecule has 3 unspecified atom stereocenters. The van der Waals surface area contributed by atoms with Gasteiger partial charge in [0.05, 0.1) is 12.0 Å². The summed E-state index contributed by atoms with van der Waals surface area (Å²) in [7, 11) is 3.83. The van der Waals surface area contributed by atoms with Gasteiger partial charge in [0.15, 0.2) is 0 Å². The molecule has 2 rings (SSSR count). The van der Waals surface area contributed by atoms with E-state index >= 15 is 0 Å². The summed E-state index contributed by atoms with van der Waals surface area (Å²) in [6.07, 6.45) is 3.08. The Kier molecular flexibility index (Phi) is 6.60. The predicted octanol–water partition coefficient (Wildman–Crippen LogP) is 2.48. The van der Waals surface area contributed by atoms with Gasteiger partial charge in [-0.3, -0.25) is 4.79 Å². The first-order chi connectivity index (χ1) is 11.0. The quantitative estimate of drug-likeness (QED) is 0.840. The predicted molar refractivity (Wildman–Crippen MR) is 93.4 cm³/mol. The third kappa shape index (κ3) is 4.79. The number of likely N-dealkylation sites (tertiary alicyclic amines) is 1. The van der Waals surface area contributed by atoms with Gasteiger partial charge in [-0.2, -0.15) is 0 Å². The van der Waals surface area contributed by atoms with Crippen molar-refractivity contribution in [1.82, 2.24) is 10.2 Å². The van der Waals surface area contributed by atoms with Crippen LogP contribution in [0, 0.1) is 5.92 Å². The molecule has 128 valence electrons. The summed E-state index contributed by atoms with van der Waals surface area (Å²) in [6.45, 7) is 5.12. The zero-order valence-corrected chi connectivity index (χ0v) is 14.8. The van der Waals surface area contributed by atoms with Crippen molar-refractivity contribution >= 4 is 5.91 Å². The molecule has 1 aromatic carbocycles. The molecule has 1 saturated heterocycles. The van der Waals surface area contributed by atoms with Gasteiger partial charge >= 0.3 is 0 Å². The number of carbonyl (C=O) groups is 1. The van der Waals surface area contributed by atoms with Crippen LogP contribution in [0.2, 0.25) is 0 Å². The highest BCUT2D eigenvalue weighted by atomic mass is 16.5. The standard InChI is InChI=1S/C19H30N2O2/c1-14(13-16-9-6-5-7-10-16)20-19(22)15(2)18(23-4)17-11-8-12-21(17)3/h5-7,9-10,14-15,17-18H,8,11-13H2,1-4H3,(H,20,22)/t14-,15?,17?,18?/m1/s1. The molecule has 4 nitrogen and oxygen atoms in total. The second-order valence-corrected chi connectivity index (χ2v) is 6.78. The molecule has 0 aliphatic carbocycles. The van der Waals surface area contributed by atoms with E-state index < -0.39 is 0 Å². The Morgan fingerprint density at radius 3 is 2.61 bits per heavy atom. The molecule has 0 saturated carbocycles. The summed E-state index contributed by atoms with van der Waals surface area (Å²) in [6, 6.07) is 10.7. The minimum Gasteiger partial charge on any atom is -0.379 e. The largest absolute Gasteiger partial charge is 0.379 e. The second-order valence-electron chi connectivity index (χ2n) is 6.78. The molecule has 1 aliphatic rings. The Morgan fingerprint density at radius 1 is 1.35 bits per heavy atom. The maximum Gasteiger partial charge on any atom is 0.225 e. The number of likely N-dealkylation sites (N-methyl/N-ethyl adjacent to an activating group) is 1. The lowest BCUT2D eigenvalue weighted by Gasteiger charge is -2.32. The number of hydrogen-bond donors (Lipinski definition) is 1. The maximum atomic E-state index is 12.6. The Balaban J connectivity index is 1.90. The van der Waals surface area contributed by atoms with Crippen LogP contribution in [0.15, 0.2) is 30.3 Å². The number of nitrogens with one attached hydrogen (secondary N) is 1. The number of amides is 1. The molecule has 1 N–H and O–H groups in total. The van der Waals surface area contributed by atoms with E-state index in [0.717, 1.165) is 19.4 Å². The van der Waals surface area contributed by atoms with Crippen molar-refractivity contribution in [2.75, 3.05) is 20.7 Å². The number of methoxy groups -OCH3 is 1. The van der Waals surface area contributed by atoms with Crippen LogP contribution in [0.3, 0.4) is 0 Å². The van der Waals surface area contributed by atoms with Crippen molar-refractivity contribution in [3.8, 4) is 0 Å². The molecule has 1 heterocycles. The lowest BCUT2D eigenvalue weighted by atomic mass is 9.94. The molecule has 23 heavy (non-hydrogen) atoms. The average Bonchev–Trinajstić information content (AvgIpc) is 2.95. The Morgan fingerprint density at radius 2 is 2.04 bits per heavy atom. The van der Waals surface area contributed by atoms with Crippen LogP contribution in [-0.2, 0) is 16.0 Å². The molecule has 0 aromatic heterocycles. The molecule has 0 bridgehead atoms. The van der Waals surface area contributed by atoms with Gasteiger partial charge in [0.2, 0.25) is 5.91 Å². The van der Waals surface area contributed by atoms with Crippen LogP contribution in [0.25, 0.3) is 0 Å². The summed E-state index contributed by atoms with van der Waals surface area (Å²) in [4.78, 5) is 14.9. The van der Waals surface area contributed by atoms with Crippen LogP contribution < -0.4 is 5.32 Å². The van der Waals surface area contributed by atoms with Crippen LogP contribution in [-0.4, -0.2) is 49.7 Å². The zero-order valence-electron chi connectivity index (χ0n) is 14.8.